The van der Waals surface area contributed by atoms with Crippen molar-refractivity contribution in [1.29, 1.82) is 0 Å². The van der Waals surface area contributed by atoms with Crippen molar-refractivity contribution in [2.75, 3.05) is 9.80 Å². The van der Waals surface area contributed by atoms with E-state index in [0.717, 1.165) is 166 Å². The van der Waals surface area contributed by atoms with Crippen molar-refractivity contribution >= 4 is 101 Å². The third kappa shape index (κ3) is 16.1. The van der Waals surface area contributed by atoms with Gasteiger partial charge in [0.25, 0.3) is 6.71 Å². The van der Waals surface area contributed by atoms with Crippen LogP contribution in [0.15, 0.2) is 267 Å². The largest absolute Gasteiger partial charge is 0.311 e. The SMILES string of the molecule is [2H]C([2H])(c1cc(-c2ccccc2)c(N2c3cc(-n4c5ccc(CC(C)(C)C)cc5c5cc(CC(C)(C)C)ccc54)ccc3B3c4ccc(-n5c6ccc(CC(C)(C)C)cc6c6cc(CC(C)(C)C)ccc65)cc4N(c4cc(-c5ccccc5)c(C([2H])([2H])C(C)(C)C)cc4-c4ccccc4)c4cc(CC(C)(C)C)cc2c43)cc1-c1ccccc1)C(C)(C)C. The van der Waals surface area contributed by atoms with Gasteiger partial charge in [-0.3, -0.25) is 0 Å². The minimum absolute atomic E-state index is 0.0680. The summed E-state index contributed by atoms with van der Waals surface area (Å²) in [5, 5.41) is 4.95. The Hall–Kier alpha value is -10.9. The molecule has 0 atom stereocenters. The molecule has 0 spiro atoms. The van der Waals surface area contributed by atoms with Gasteiger partial charge in [0.2, 0.25) is 0 Å². The van der Waals surface area contributed by atoms with Gasteiger partial charge in [0.1, 0.15) is 0 Å². The lowest BCUT2D eigenvalue weighted by Gasteiger charge is -2.46. The van der Waals surface area contributed by atoms with E-state index < -0.39 is 23.6 Å². The monoisotopic (exact) mass is 1550 g/mol. The van der Waals surface area contributed by atoms with Crippen molar-refractivity contribution in [1.82, 2.24) is 9.13 Å². The van der Waals surface area contributed by atoms with E-state index in [2.05, 4.69) is 390 Å². The number of fused-ring (bicyclic) bond motifs is 10. The van der Waals surface area contributed by atoms with Crippen LogP contribution in [0.5, 0.6) is 0 Å². The molecule has 0 bridgehead atoms. The standard InChI is InChI=1S/C113H121BN4/c1-107(2,3)66-73-42-50-96-90(54-73)91-55-74(67-108(4,5)6)43-51-97(91)115(96)84-46-48-94-102(62-84)117(100-64-86(78-34-26-22-27-35-78)82(71-112(16,17)18)60-88(100)80-38-30-24-31-39-80)104-58-77(70-111(13,14)15)59-105-106(104)114(94)95-49-47-85(116-98-52-44-75(68-109(7,8)9)56-92(98)93-57-76(45-53-99(93)116)69-110(10,11)12)63-103(95)118(105)101-65-87(79-36-28-23-29-37-79)83(72-113(19,20)21)61-89(101)81-40-32-25-33-41-81/h22-65H,66-72H2,1-21H3/i71D2,72D2. The summed E-state index contributed by atoms with van der Waals surface area (Å²) in [5.41, 5.74) is 29.5. The van der Waals surface area contributed by atoms with Crippen LogP contribution in [0, 0.1) is 37.9 Å². The average molecular weight is 1550 g/mol. The minimum Gasteiger partial charge on any atom is -0.311 e. The first kappa shape index (κ1) is 74.7. The van der Waals surface area contributed by atoms with Crippen LogP contribution in [0.1, 0.15) is 190 Å². The molecule has 2 aromatic heterocycles. The summed E-state index contributed by atoms with van der Waals surface area (Å²) >= 11 is 0. The van der Waals surface area contributed by atoms with E-state index in [1.54, 1.807) is 0 Å². The lowest BCUT2D eigenvalue weighted by Crippen LogP contribution is -2.61. The van der Waals surface area contributed by atoms with Crippen molar-refractivity contribution in [3.05, 3.63) is 306 Å². The van der Waals surface area contributed by atoms with Gasteiger partial charge in [0.15, 0.2) is 0 Å². The van der Waals surface area contributed by atoms with E-state index >= 15 is 0 Å². The number of rotatable bonds is 15. The van der Waals surface area contributed by atoms with Crippen LogP contribution in [0.4, 0.5) is 34.1 Å². The fraction of sp³-hybridized carbons (Fsp3) is 0.310. The first-order chi connectivity index (χ1) is 57.3. The Morgan fingerprint density at radius 1 is 0.246 bits per heavy atom. The molecular weight excluding hydrogens is 1420 g/mol. The Kier molecular flexibility index (Phi) is 18.7. The van der Waals surface area contributed by atoms with E-state index in [1.165, 1.54) is 43.8 Å². The third-order valence-corrected chi connectivity index (χ3v) is 23.2. The molecule has 0 saturated carbocycles. The Bertz CT molecular complexity index is 6040. The molecule has 4 heterocycles. The highest BCUT2D eigenvalue weighted by molar-refractivity contribution is 7.00. The summed E-state index contributed by atoms with van der Waals surface area (Å²) in [4.78, 5) is 5.21. The molecule has 13 aromatic carbocycles. The number of anilines is 6. The molecule has 4 nitrogen and oxygen atoms in total. The zero-order valence-electron chi connectivity index (χ0n) is 77.8. The van der Waals surface area contributed by atoms with Crippen molar-refractivity contribution in [3.8, 4) is 55.9 Å². The second kappa shape index (κ2) is 29.6. The van der Waals surface area contributed by atoms with Crippen LogP contribution in [-0.2, 0) is 44.8 Å². The maximum absolute atomic E-state index is 10.5. The van der Waals surface area contributed by atoms with Crippen LogP contribution >= 0.6 is 0 Å². The first-order valence-corrected chi connectivity index (χ1v) is 43.1. The number of hydrogen-bond acceptors (Lipinski definition) is 2. The second-order valence-electron chi connectivity index (χ2n) is 42.4. The highest BCUT2D eigenvalue weighted by Crippen LogP contribution is 2.54. The average Bonchev–Trinajstić information content (AvgIpc) is 0.688. The fourth-order valence-corrected chi connectivity index (χ4v) is 19.2. The molecule has 5 heteroatoms. The molecule has 0 unspecified atom stereocenters. The Morgan fingerprint density at radius 2 is 0.525 bits per heavy atom. The van der Waals surface area contributed by atoms with Gasteiger partial charge in [0.05, 0.1) is 33.4 Å². The Balaban J connectivity index is 1.05. The number of hydrogen-bond donors (Lipinski definition) is 0. The van der Waals surface area contributed by atoms with Gasteiger partial charge < -0.3 is 18.9 Å². The predicted molar refractivity (Wildman–Crippen MR) is 513 cm³/mol. The van der Waals surface area contributed by atoms with Gasteiger partial charge >= 0.3 is 0 Å². The van der Waals surface area contributed by atoms with Crippen LogP contribution in [-0.4, -0.2) is 15.8 Å². The molecule has 2 aliphatic rings. The highest BCUT2D eigenvalue weighted by Gasteiger charge is 2.46. The fourth-order valence-electron chi connectivity index (χ4n) is 19.2. The summed E-state index contributed by atoms with van der Waals surface area (Å²) in [6.45, 7) is 46.9. The van der Waals surface area contributed by atoms with Crippen molar-refractivity contribution in [2.24, 2.45) is 37.9 Å². The minimum atomic E-state index is -1.82. The molecule has 0 saturated heterocycles. The maximum atomic E-state index is 10.5. The zero-order valence-corrected chi connectivity index (χ0v) is 73.8. The topological polar surface area (TPSA) is 16.3 Å². The van der Waals surface area contributed by atoms with Crippen molar-refractivity contribution in [2.45, 2.75) is 190 Å². The molecule has 0 aliphatic carbocycles. The highest BCUT2D eigenvalue weighted by atomic mass is 15.2. The van der Waals surface area contributed by atoms with Gasteiger partial charge in [0, 0.05) is 72.3 Å². The van der Waals surface area contributed by atoms with Crippen molar-refractivity contribution < 1.29 is 5.48 Å². The normalized spacial score (nSPS) is 14.2. The number of benzene rings is 13. The molecule has 0 amide bonds. The summed E-state index contributed by atoms with van der Waals surface area (Å²) in [6, 6.07) is 100. The molecule has 17 rings (SSSR count). The van der Waals surface area contributed by atoms with E-state index in [9.17, 15) is 5.48 Å². The van der Waals surface area contributed by atoms with Crippen LogP contribution < -0.4 is 26.2 Å². The van der Waals surface area contributed by atoms with Gasteiger partial charge in [-0.25, -0.2) is 0 Å². The van der Waals surface area contributed by atoms with E-state index in [1.807, 2.05) is 41.5 Å². The van der Waals surface area contributed by atoms with Crippen LogP contribution in [0.25, 0.3) is 99.5 Å². The molecule has 0 fully saturated rings. The van der Waals surface area contributed by atoms with Crippen LogP contribution in [0.3, 0.4) is 0 Å². The second-order valence-corrected chi connectivity index (χ2v) is 42.4. The summed E-state index contributed by atoms with van der Waals surface area (Å²) in [7, 11) is 0. The van der Waals surface area contributed by atoms with Gasteiger partial charge in [-0.2, -0.15) is 0 Å². The van der Waals surface area contributed by atoms with E-state index in [-0.39, 0.29) is 33.8 Å². The molecule has 0 radical (unpaired) electrons. The summed E-state index contributed by atoms with van der Waals surface area (Å²) in [6.07, 6.45) is 0.844. The zero-order chi connectivity index (χ0) is 86.7. The van der Waals surface area contributed by atoms with Crippen LogP contribution in [0.2, 0.25) is 0 Å². The van der Waals surface area contributed by atoms with Gasteiger partial charge in [-0.05, 0) is 281 Å². The first-order valence-electron chi connectivity index (χ1n) is 45.1. The lowest BCUT2D eigenvalue weighted by atomic mass is 9.33. The number of aromatic nitrogens is 2. The molecular formula is C113H121BN4. The lowest BCUT2D eigenvalue weighted by molar-refractivity contribution is 0.411. The van der Waals surface area contributed by atoms with Crippen molar-refractivity contribution in [3.63, 3.8) is 0 Å². The van der Waals surface area contributed by atoms with Gasteiger partial charge in [-0.1, -0.05) is 303 Å². The predicted octanol–water partition coefficient (Wildman–Crippen LogP) is 29.8. The molecule has 596 valence electrons. The van der Waals surface area contributed by atoms with E-state index in [4.69, 9.17) is 0 Å². The number of nitrogens with zero attached hydrogens (tertiary/aromatic N) is 4. The third-order valence-electron chi connectivity index (χ3n) is 23.2. The van der Waals surface area contributed by atoms with Gasteiger partial charge in [-0.15, -0.1) is 0 Å². The molecule has 118 heavy (non-hydrogen) atoms. The summed E-state index contributed by atoms with van der Waals surface area (Å²) < 4.78 is 47.1. The Labute approximate surface area is 710 Å². The van der Waals surface area contributed by atoms with E-state index in [0.29, 0.717) is 11.1 Å². The molecule has 2 aliphatic heterocycles. The quantitative estimate of drug-likeness (QED) is 0.0951. The maximum Gasteiger partial charge on any atom is 0.252 e. The smallest absolute Gasteiger partial charge is 0.252 e. The molecule has 15 aromatic rings. The summed E-state index contributed by atoms with van der Waals surface area (Å²) in [5.74, 6) is 0. The Morgan fingerprint density at radius 3 is 0.805 bits per heavy atom. The molecule has 0 N–H and O–H groups in total.